The van der Waals surface area contributed by atoms with Crippen LogP contribution in [0.15, 0.2) is 24.3 Å². The molecule has 1 unspecified atom stereocenters. The Balaban J connectivity index is 2.28. The summed E-state index contributed by atoms with van der Waals surface area (Å²) in [5, 5.41) is 0.672. The van der Waals surface area contributed by atoms with Gasteiger partial charge in [0.05, 0.1) is 6.61 Å². The van der Waals surface area contributed by atoms with E-state index in [0.717, 1.165) is 5.56 Å². The predicted octanol–water partition coefficient (Wildman–Crippen LogP) is 2.84. The van der Waals surface area contributed by atoms with Crippen LogP contribution in [-0.2, 0) is 20.7 Å². The first-order valence-corrected chi connectivity index (χ1v) is 6.41. The van der Waals surface area contributed by atoms with Gasteiger partial charge in [-0.25, -0.2) is 0 Å². The number of benzene rings is 1. The van der Waals surface area contributed by atoms with Crippen LogP contribution in [0.4, 0.5) is 0 Å². The van der Waals surface area contributed by atoms with Crippen LogP contribution in [0.3, 0.4) is 0 Å². The summed E-state index contributed by atoms with van der Waals surface area (Å²) < 4.78 is 16.2. The first-order chi connectivity index (χ1) is 7.22. The van der Waals surface area contributed by atoms with Gasteiger partial charge in [0, 0.05) is 5.02 Å². The maximum Gasteiger partial charge on any atom is 0.374 e. The zero-order valence-electron chi connectivity index (χ0n) is 8.06. The Morgan fingerprint density at radius 1 is 1.33 bits per heavy atom. The fourth-order valence-corrected chi connectivity index (χ4v) is 1.67. The van der Waals surface area contributed by atoms with E-state index in [4.69, 9.17) is 16.3 Å². The summed E-state index contributed by atoms with van der Waals surface area (Å²) in [7, 11) is -1.55. The predicted molar refractivity (Wildman–Crippen MR) is 59.6 cm³/mol. The molecule has 0 aliphatic heterocycles. The van der Waals surface area contributed by atoms with Gasteiger partial charge >= 0.3 is 7.80 Å². The fourth-order valence-electron chi connectivity index (χ4n) is 0.982. The zero-order chi connectivity index (χ0) is 11.1. The van der Waals surface area contributed by atoms with E-state index >= 15 is 0 Å². The van der Waals surface area contributed by atoms with Crippen LogP contribution < -0.4 is 0 Å². The summed E-state index contributed by atoms with van der Waals surface area (Å²) in [5.74, 6) is 0. The van der Waals surface area contributed by atoms with Crippen molar-refractivity contribution < 1.29 is 14.1 Å². The van der Waals surface area contributed by atoms with Crippen molar-refractivity contribution in [3.8, 4) is 0 Å². The second kappa shape index (κ2) is 6.67. The van der Waals surface area contributed by atoms with Crippen molar-refractivity contribution in [2.45, 2.75) is 6.61 Å². The SMILES string of the molecule is O=CC[P+](=O)COCc1ccc(Cl)cc1. The minimum atomic E-state index is -1.55. The van der Waals surface area contributed by atoms with E-state index in [9.17, 15) is 9.36 Å². The Morgan fingerprint density at radius 3 is 2.60 bits per heavy atom. The monoisotopic (exact) mass is 245 g/mol. The van der Waals surface area contributed by atoms with Crippen molar-refractivity contribution in [3.05, 3.63) is 34.9 Å². The molecule has 1 aromatic rings. The molecule has 0 aliphatic rings. The van der Waals surface area contributed by atoms with Crippen molar-refractivity contribution in [2.24, 2.45) is 0 Å². The molecule has 0 heterocycles. The molecule has 15 heavy (non-hydrogen) atoms. The number of ether oxygens (including phenoxy) is 1. The summed E-state index contributed by atoms with van der Waals surface area (Å²) >= 11 is 5.71. The van der Waals surface area contributed by atoms with Crippen LogP contribution in [0, 0.1) is 0 Å². The van der Waals surface area contributed by atoms with Crippen molar-refractivity contribution in [1.82, 2.24) is 0 Å². The van der Waals surface area contributed by atoms with Gasteiger partial charge in [0.25, 0.3) is 0 Å². The molecule has 1 atom stereocenters. The van der Waals surface area contributed by atoms with Crippen LogP contribution >= 0.6 is 19.4 Å². The first kappa shape index (κ1) is 12.3. The van der Waals surface area contributed by atoms with Crippen molar-refractivity contribution >= 4 is 25.7 Å². The lowest BCUT2D eigenvalue weighted by Gasteiger charge is -1.98. The summed E-state index contributed by atoms with van der Waals surface area (Å²) in [6.45, 7) is 0.386. The third-order valence-corrected chi connectivity index (χ3v) is 2.97. The highest BCUT2D eigenvalue weighted by molar-refractivity contribution is 7.45. The lowest BCUT2D eigenvalue weighted by Crippen LogP contribution is -1.93. The highest BCUT2D eigenvalue weighted by Gasteiger charge is 2.13. The third-order valence-electron chi connectivity index (χ3n) is 1.70. The lowest BCUT2D eigenvalue weighted by atomic mass is 10.2. The first-order valence-electron chi connectivity index (χ1n) is 4.40. The maximum absolute atomic E-state index is 11.1. The number of hydrogen-bond donors (Lipinski definition) is 0. The molecule has 0 N–H and O–H groups in total. The summed E-state index contributed by atoms with van der Waals surface area (Å²) in [5.41, 5.74) is 0.967. The molecule has 0 bridgehead atoms. The van der Waals surface area contributed by atoms with Gasteiger partial charge in [0.15, 0.2) is 6.29 Å². The van der Waals surface area contributed by atoms with Gasteiger partial charge in [-0.1, -0.05) is 28.3 Å². The van der Waals surface area contributed by atoms with Crippen LogP contribution in [0.1, 0.15) is 5.56 Å². The normalized spacial score (nSPS) is 11.1. The van der Waals surface area contributed by atoms with E-state index in [0.29, 0.717) is 17.9 Å². The minimum Gasteiger partial charge on any atom is -0.333 e. The van der Waals surface area contributed by atoms with Crippen LogP contribution in [0.5, 0.6) is 0 Å². The molecule has 80 valence electrons. The number of carbonyl (C=O) groups is 1. The van der Waals surface area contributed by atoms with E-state index in [-0.39, 0.29) is 12.5 Å². The number of aldehydes is 1. The van der Waals surface area contributed by atoms with E-state index in [1.54, 1.807) is 12.1 Å². The van der Waals surface area contributed by atoms with Gasteiger partial charge in [-0.15, -0.1) is 0 Å². The van der Waals surface area contributed by atoms with Crippen molar-refractivity contribution in [3.63, 3.8) is 0 Å². The standard InChI is InChI=1S/C10H11ClO3P/c11-10-3-1-9(2-4-10)7-14-8-15(13)6-5-12/h1-5H,6-8H2/q+1. The molecule has 0 fully saturated rings. The fraction of sp³-hybridized carbons (Fsp3) is 0.300. The van der Waals surface area contributed by atoms with Gasteiger partial charge in [-0.3, -0.25) is 4.79 Å². The van der Waals surface area contributed by atoms with Gasteiger partial charge in [-0.05, 0) is 17.7 Å². The molecule has 0 radical (unpaired) electrons. The smallest absolute Gasteiger partial charge is 0.333 e. The molecule has 3 nitrogen and oxygen atoms in total. The molecule has 0 amide bonds. The Labute approximate surface area is 94.2 Å². The molecule has 5 heteroatoms. The van der Waals surface area contributed by atoms with Crippen LogP contribution in [0.25, 0.3) is 0 Å². The molecule has 0 aliphatic carbocycles. The number of carbonyl (C=O) groups excluding carboxylic acids is 1. The van der Waals surface area contributed by atoms with Gasteiger partial charge in [0.2, 0.25) is 12.5 Å². The largest absolute Gasteiger partial charge is 0.374 e. The van der Waals surface area contributed by atoms with Crippen LogP contribution in [-0.4, -0.2) is 18.8 Å². The summed E-state index contributed by atoms with van der Waals surface area (Å²) in [6.07, 6.45) is 0.830. The van der Waals surface area contributed by atoms with Crippen LogP contribution in [0.2, 0.25) is 5.02 Å². The third kappa shape index (κ3) is 5.03. The Kier molecular flexibility index (Phi) is 5.48. The quantitative estimate of drug-likeness (QED) is 0.572. The van der Waals surface area contributed by atoms with Gasteiger partial charge in [-0.2, -0.15) is 0 Å². The molecular formula is C10H11ClO3P+. The highest BCUT2D eigenvalue weighted by Crippen LogP contribution is 2.19. The number of rotatable bonds is 6. The molecule has 0 saturated carbocycles. The average Bonchev–Trinajstić information content (AvgIpc) is 2.21. The Morgan fingerprint density at radius 2 is 2.00 bits per heavy atom. The minimum absolute atomic E-state index is 0.0654. The van der Waals surface area contributed by atoms with Crippen molar-refractivity contribution in [1.29, 1.82) is 0 Å². The summed E-state index contributed by atoms with van der Waals surface area (Å²) in [6, 6.07) is 7.22. The number of halogens is 1. The maximum atomic E-state index is 11.1. The molecule has 0 spiro atoms. The molecular weight excluding hydrogens is 235 g/mol. The Bertz CT molecular complexity index is 337. The summed E-state index contributed by atoms with van der Waals surface area (Å²) in [4.78, 5) is 10.0. The second-order valence-corrected chi connectivity index (χ2v) is 4.96. The zero-order valence-corrected chi connectivity index (χ0v) is 9.71. The number of hydrogen-bond acceptors (Lipinski definition) is 3. The van der Waals surface area contributed by atoms with E-state index in [1.165, 1.54) is 0 Å². The topological polar surface area (TPSA) is 43.4 Å². The highest BCUT2D eigenvalue weighted by atomic mass is 35.5. The lowest BCUT2D eigenvalue weighted by molar-refractivity contribution is -0.105. The molecule has 1 aromatic carbocycles. The van der Waals surface area contributed by atoms with E-state index in [2.05, 4.69) is 0 Å². The van der Waals surface area contributed by atoms with Gasteiger partial charge < -0.3 is 4.74 Å². The van der Waals surface area contributed by atoms with E-state index in [1.807, 2.05) is 12.1 Å². The average molecular weight is 246 g/mol. The molecule has 0 saturated heterocycles. The van der Waals surface area contributed by atoms with Crippen molar-refractivity contribution in [2.75, 3.05) is 12.5 Å². The second-order valence-electron chi connectivity index (χ2n) is 2.94. The molecule has 0 aromatic heterocycles. The van der Waals surface area contributed by atoms with E-state index < -0.39 is 7.80 Å². The molecule has 1 rings (SSSR count). The van der Waals surface area contributed by atoms with Gasteiger partial charge in [0.1, 0.15) is 0 Å². The Hall–Kier alpha value is -0.760.